The summed E-state index contributed by atoms with van der Waals surface area (Å²) in [7, 11) is -6.31. The van der Waals surface area contributed by atoms with E-state index in [2.05, 4.69) is 0 Å². The average Bonchev–Trinajstić information content (AvgIpc) is 2.74. The van der Waals surface area contributed by atoms with E-state index in [9.17, 15) is 43.5 Å². The molecule has 0 aromatic heterocycles. The first-order chi connectivity index (χ1) is 16.4. The van der Waals surface area contributed by atoms with Gasteiger partial charge in [0.15, 0.2) is 0 Å². The Morgan fingerprint density at radius 1 is 0.722 bits per heavy atom. The Morgan fingerprint density at radius 2 is 1.08 bits per heavy atom. The Labute approximate surface area is 211 Å². The van der Waals surface area contributed by atoms with Crippen LogP contribution in [-0.4, -0.2) is 70.1 Å². The Balaban J connectivity index is 1.85. The quantitative estimate of drug-likeness (QED) is 0.197. The van der Waals surface area contributed by atoms with Crippen LogP contribution in [0.2, 0.25) is 0 Å². The van der Waals surface area contributed by atoms with E-state index in [1.807, 2.05) is 0 Å². The minimum atomic E-state index is -6.31. The van der Waals surface area contributed by atoms with Gasteiger partial charge in [-0.05, 0) is 0 Å². The van der Waals surface area contributed by atoms with Crippen LogP contribution in [0.3, 0.4) is 0 Å². The fraction of sp³-hybridized carbons (Fsp3) is 0.429. The number of ether oxygens (including phenoxy) is 2. The van der Waals surface area contributed by atoms with Crippen LogP contribution in [0, 0.1) is 0 Å². The molecule has 2 aromatic carbocycles. The topological polar surface area (TPSA) is 72.8 Å². The second-order valence-corrected chi connectivity index (χ2v) is 12.3. The van der Waals surface area contributed by atoms with Crippen LogP contribution >= 0.6 is 0 Å². The van der Waals surface area contributed by atoms with Crippen LogP contribution in [0.25, 0.3) is 0 Å². The van der Waals surface area contributed by atoms with Gasteiger partial charge >= 0.3 is 212 Å². The number of hydrogen-bond donors (Lipinski definition) is 1. The minimum absolute atomic E-state index is 0.0652. The summed E-state index contributed by atoms with van der Waals surface area (Å²) < 4.78 is 146. The third-order valence-corrected chi connectivity index (χ3v) is 8.49. The fourth-order valence-electron chi connectivity index (χ4n) is 2.49. The number of hydrogen-bond acceptors (Lipinski definition) is 4. The summed E-state index contributed by atoms with van der Waals surface area (Å²) in [4.78, 5) is 0. The third kappa shape index (κ3) is 7.84. The van der Waals surface area contributed by atoms with E-state index in [4.69, 9.17) is 14.0 Å². The van der Waals surface area contributed by atoms with Gasteiger partial charge in [0.1, 0.15) is 0 Å². The monoisotopic (exact) mass is 666 g/mol. The Kier molecular flexibility index (Phi) is 9.53. The second-order valence-electron chi connectivity index (χ2n) is 7.53. The number of benzene rings is 2. The van der Waals surface area contributed by atoms with Crippen molar-refractivity contribution in [1.29, 1.82) is 0 Å². The summed E-state index contributed by atoms with van der Waals surface area (Å²) in [6, 6.07) is 12.4. The van der Waals surface area contributed by atoms with Crippen molar-refractivity contribution in [1.82, 2.24) is 0 Å². The van der Waals surface area contributed by atoms with Gasteiger partial charge in [-0.1, -0.05) is 0 Å². The molecule has 0 amide bonds. The van der Waals surface area contributed by atoms with Crippen LogP contribution in [0.15, 0.2) is 48.5 Å². The summed E-state index contributed by atoms with van der Waals surface area (Å²) in [6.07, 6.45) is -2.82. The molecule has 0 spiro atoms. The van der Waals surface area contributed by atoms with Crippen LogP contribution < -0.4 is 16.7 Å². The van der Waals surface area contributed by atoms with E-state index in [1.54, 1.807) is 24.3 Å². The molecule has 0 aliphatic carbocycles. The molecule has 0 fully saturated rings. The molecule has 1 N–H and O–H groups in total. The zero-order valence-electron chi connectivity index (χ0n) is 18.4. The SMILES string of the molecule is CC(F)(F)C(F)(F)CCOc1ccc([Te]c2ccc(OCCC(F)(F)C(F)(F)S(=O)(=O)O)cc2)cc1. The van der Waals surface area contributed by atoms with Crippen LogP contribution in [0.4, 0.5) is 35.1 Å². The molecule has 15 heteroatoms. The molecule has 0 atom stereocenters. The Morgan fingerprint density at radius 3 is 1.42 bits per heavy atom. The molecule has 5 nitrogen and oxygen atoms in total. The van der Waals surface area contributed by atoms with Gasteiger partial charge in [-0.15, -0.1) is 0 Å². The van der Waals surface area contributed by atoms with Gasteiger partial charge in [0.2, 0.25) is 0 Å². The molecule has 2 aromatic rings. The van der Waals surface area contributed by atoms with E-state index in [0.29, 0.717) is 0 Å². The predicted molar refractivity (Wildman–Crippen MR) is 115 cm³/mol. The van der Waals surface area contributed by atoms with Crippen molar-refractivity contribution in [3.8, 4) is 11.5 Å². The van der Waals surface area contributed by atoms with E-state index in [-0.39, 0.29) is 18.4 Å². The molecule has 36 heavy (non-hydrogen) atoms. The van der Waals surface area contributed by atoms with Crippen LogP contribution in [0.5, 0.6) is 11.5 Å². The summed E-state index contributed by atoms with van der Waals surface area (Å²) in [6.45, 7) is -1.41. The van der Waals surface area contributed by atoms with Gasteiger partial charge < -0.3 is 0 Å². The molecular weight excluding hydrogens is 644 g/mol. The van der Waals surface area contributed by atoms with E-state index < -0.39 is 80.1 Å². The normalized spacial score (nSPS) is 13.5. The fourth-order valence-corrected chi connectivity index (χ4v) is 5.30. The van der Waals surface area contributed by atoms with Crippen molar-refractivity contribution in [2.24, 2.45) is 0 Å². The first kappa shape index (κ1) is 30.4. The predicted octanol–water partition coefficient (Wildman–Crippen LogP) is 4.29. The Bertz CT molecular complexity index is 1100. The molecule has 0 saturated carbocycles. The summed E-state index contributed by atoms with van der Waals surface area (Å²) >= 11 is -0.955. The molecule has 0 heterocycles. The third-order valence-electron chi connectivity index (χ3n) is 4.64. The summed E-state index contributed by atoms with van der Waals surface area (Å²) in [5, 5.41) is -5.66. The van der Waals surface area contributed by atoms with Gasteiger partial charge in [0.05, 0.1) is 0 Å². The number of alkyl halides is 8. The maximum absolute atomic E-state index is 13.5. The standard InChI is InChI=1S/C21H20F8O5STe/c1-18(22,23)19(24,25)10-12-33-14-2-6-16(7-3-14)36-17-8-4-15(5-9-17)34-13-11-20(26,27)21(28,29)35(30,31)32/h2-9H,10-13H2,1H3,(H,30,31,32). The first-order valence-corrected chi connectivity index (χ1v) is 13.7. The van der Waals surface area contributed by atoms with Crippen LogP contribution in [-0.2, 0) is 10.1 Å². The van der Waals surface area contributed by atoms with Crippen molar-refractivity contribution in [3.05, 3.63) is 48.5 Å². The van der Waals surface area contributed by atoms with Gasteiger partial charge in [-0.2, -0.15) is 0 Å². The van der Waals surface area contributed by atoms with Crippen molar-refractivity contribution >= 4 is 38.3 Å². The van der Waals surface area contributed by atoms with Gasteiger partial charge in [-0.25, -0.2) is 0 Å². The Hall–Kier alpha value is -1.82. The summed E-state index contributed by atoms with van der Waals surface area (Å²) in [5.74, 6) is -13.1. The molecule has 0 aliphatic rings. The molecule has 0 saturated heterocycles. The zero-order chi connectivity index (χ0) is 27.4. The van der Waals surface area contributed by atoms with Gasteiger partial charge in [-0.3, -0.25) is 0 Å². The molecular formula is C21H20F8O5STe. The van der Waals surface area contributed by atoms with Gasteiger partial charge in [0.25, 0.3) is 0 Å². The van der Waals surface area contributed by atoms with Crippen molar-refractivity contribution in [3.63, 3.8) is 0 Å². The molecule has 0 aliphatic heterocycles. The van der Waals surface area contributed by atoms with Crippen molar-refractivity contribution < 1.29 is 57.6 Å². The second kappa shape index (κ2) is 11.3. The van der Waals surface area contributed by atoms with Crippen molar-refractivity contribution in [2.75, 3.05) is 13.2 Å². The molecule has 202 valence electrons. The maximum atomic E-state index is 13.5. The molecule has 0 bridgehead atoms. The molecule has 0 radical (unpaired) electrons. The molecule has 2 rings (SSSR count). The van der Waals surface area contributed by atoms with E-state index in [1.165, 1.54) is 24.3 Å². The van der Waals surface area contributed by atoms with Crippen LogP contribution in [0.1, 0.15) is 19.8 Å². The molecule has 0 unspecified atom stereocenters. The van der Waals surface area contributed by atoms with E-state index >= 15 is 0 Å². The number of rotatable bonds is 13. The van der Waals surface area contributed by atoms with E-state index in [0.717, 1.165) is 7.22 Å². The zero-order valence-corrected chi connectivity index (χ0v) is 21.5. The number of halogens is 8. The summed E-state index contributed by atoms with van der Waals surface area (Å²) in [5.41, 5.74) is 0. The van der Waals surface area contributed by atoms with Gasteiger partial charge in [0, 0.05) is 0 Å². The first-order valence-electron chi connectivity index (χ1n) is 9.98. The average molecular weight is 664 g/mol. The van der Waals surface area contributed by atoms with Crippen molar-refractivity contribution in [2.45, 2.75) is 42.8 Å².